The number of allylic oxidation sites excluding steroid dienone is 3. The van der Waals surface area contributed by atoms with Crippen molar-refractivity contribution in [2.24, 2.45) is 33.7 Å². The second-order valence-corrected chi connectivity index (χ2v) is 17.1. The molecule has 7 atom stereocenters. The van der Waals surface area contributed by atoms with Crippen LogP contribution in [-0.2, 0) is 14.3 Å². The number of nitrogens with one attached hydrogen (secondary N) is 1. The van der Waals surface area contributed by atoms with Crippen molar-refractivity contribution in [3.63, 3.8) is 0 Å². The average Bonchev–Trinajstić information content (AvgIpc) is 3.66. The number of hydrogen-bond acceptors (Lipinski definition) is 12. The molecule has 1 fully saturated rings. The number of phenols is 2. The number of piperidine rings is 1. The summed E-state index contributed by atoms with van der Waals surface area (Å²) in [6, 6.07) is 0. The smallest absolute Gasteiger partial charge is 0.312 e. The van der Waals surface area contributed by atoms with Crippen LogP contribution in [0, 0.1) is 30.6 Å². The number of aliphatic hydroxyl groups excluding tert-OH is 2. The molecule has 2 aromatic carbocycles. The van der Waals surface area contributed by atoms with Crippen molar-refractivity contribution in [2.45, 2.75) is 118 Å². The fourth-order valence-electron chi connectivity index (χ4n) is 8.62. The molecule has 4 aliphatic rings. The number of amides is 1. The van der Waals surface area contributed by atoms with Crippen LogP contribution in [0.5, 0.6) is 17.2 Å². The molecule has 2 aromatic rings. The lowest BCUT2D eigenvalue weighted by Crippen LogP contribution is -2.47. The SMILES string of the molecule is CCO[C@@H]1[C@H](C)C/C=C/OC2(C)Oc3c(C)c(O)c4c(O)c(c5c(c4c3C2=O)NC2(CCN(CC(C)C)CC2)N=5)=NC(=O)/C(C)=C\C=C\C(C)[C@H](O)CC(O)[C@H]1C. The predicted octanol–water partition coefficient (Wildman–Crippen LogP) is 5.35. The molecule has 5 N–H and O–H groups in total. The Morgan fingerprint density at radius 3 is 2.40 bits per heavy atom. The van der Waals surface area contributed by atoms with Crippen LogP contribution >= 0.6 is 0 Å². The summed E-state index contributed by atoms with van der Waals surface area (Å²) in [6.07, 6.45) is 7.99. The lowest BCUT2D eigenvalue weighted by Gasteiger charge is -2.38. The zero-order chi connectivity index (χ0) is 41.6. The number of Topliss-reactive ketones (excluding diaryl/α,β-unsaturated/α-hetero) is 1. The van der Waals surface area contributed by atoms with Gasteiger partial charge in [0.15, 0.2) is 5.75 Å². The van der Waals surface area contributed by atoms with E-state index in [0.717, 1.165) is 19.6 Å². The van der Waals surface area contributed by atoms with E-state index in [1.807, 2.05) is 27.7 Å². The van der Waals surface area contributed by atoms with Gasteiger partial charge in [-0.05, 0) is 45.1 Å². The molecular formula is C44H60N4O9. The van der Waals surface area contributed by atoms with Gasteiger partial charge in [0.05, 0.1) is 41.2 Å². The number of fused-ring (bicyclic) bond motifs is 1. The number of aliphatic hydroxyl groups is 2. The number of carbonyl (C=O) groups is 2. The molecule has 0 radical (unpaired) electrons. The Hall–Kier alpha value is -4.30. The maximum atomic E-state index is 14.6. The summed E-state index contributed by atoms with van der Waals surface area (Å²) in [5.74, 6) is -3.91. The van der Waals surface area contributed by atoms with Gasteiger partial charge in [-0.2, -0.15) is 0 Å². The van der Waals surface area contributed by atoms with E-state index in [1.54, 1.807) is 38.2 Å². The van der Waals surface area contributed by atoms with Crippen molar-refractivity contribution in [3.05, 3.63) is 58.0 Å². The molecule has 6 rings (SSSR count). The molecule has 4 bridgehead atoms. The molecular weight excluding hydrogens is 729 g/mol. The Morgan fingerprint density at radius 2 is 1.74 bits per heavy atom. The maximum absolute atomic E-state index is 14.6. The highest BCUT2D eigenvalue weighted by molar-refractivity contribution is 6.21. The summed E-state index contributed by atoms with van der Waals surface area (Å²) >= 11 is 0. The Morgan fingerprint density at radius 1 is 1.04 bits per heavy atom. The highest BCUT2D eigenvalue weighted by Crippen LogP contribution is 2.51. The topological polar surface area (TPSA) is 183 Å². The van der Waals surface area contributed by atoms with Crippen LogP contribution in [-0.4, -0.2) is 93.0 Å². The Balaban J connectivity index is 1.52. The Labute approximate surface area is 334 Å². The first-order chi connectivity index (χ1) is 26.9. The minimum absolute atomic E-state index is 0.0452. The molecule has 0 aromatic heterocycles. The zero-order valence-corrected chi connectivity index (χ0v) is 34.8. The molecule has 1 saturated heterocycles. The quantitative estimate of drug-likeness (QED) is 0.252. The number of benzene rings is 2. The summed E-state index contributed by atoms with van der Waals surface area (Å²) in [4.78, 5) is 40.3. The number of aromatic hydroxyl groups is 2. The number of nitrogens with zero attached hydrogens (tertiary/aromatic N) is 3. The molecule has 1 amide bonds. The molecule has 57 heavy (non-hydrogen) atoms. The molecule has 310 valence electrons. The van der Waals surface area contributed by atoms with E-state index in [9.17, 15) is 30.0 Å². The van der Waals surface area contributed by atoms with Gasteiger partial charge in [-0.1, -0.05) is 52.8 Å². The fraction of sp³-hybridized carbons (Fsp3) is 0.591. The minimum atomic E-state index is -1.82. The summed E-state index contributed by atoms with van der Waals surface area (Å²) in [5.41, 5.74) is 0.153. The number of phenolic OH excluding ortho intramolecular Hbond substituents is 2. The monoisotopic (exact) mass is 788 g/mol. The first kappa shape index (κ1) is 42.3. The summed E-state index contributed by atoms with van der Waals surface area (Å²) < 4.78 is 18.5. The second kappa shape index (κ2) is 16.5. The van der Waals surface area contributed by atoms with E-state index in [2.05, 4.69) is 29.1 Å². The third-order valence-electron chi connectivity index (χ3n) is 12.1. The van der Waals surface area contributed by atoms with E-state index in [4.69, 9.17) is 19.2 Å². The summed E-state index contributed by atoms with van der Waals surface area (Å²) in [6.45, 7) is 19.6. The zero-order valence-electron chi connectivity index (χ0n) is 34.8. The van der Waals surface area contributed by atoms with Crippen LogP contribution < -0.4 is 20.8 Å². The fourth-order valence-corrected chi connectivity index (χ4v) is 8.62. The number of hydrogen-bond donors (Lipinski definition) is 5. The molecule has 3 unspecified atom stereocenters. The number of ketones is 1. The third kappa shape index (κ3) is 8.08. The molecule has 13 nitrogen and oxygen atoms in total. The summed E-state index contributed by atoms with van der Waals surface area (Å²) in [5, 5.41) is 49.9. The second-order valence-electron chi connectivity index (χ2n) is 17.1. The number of rotatable bonds is 4. The van der Waals surface area contributed by atoms with Crippen LogP contribution in [0.4, 0.5) is 5.69 Å². The largest absolute Gasteiger partial charge is 0.507 e. The molecule has 4 aliphatic heterocycles. The first-order valence-electron chi connectivity index (χ1n) is 20.4. The van der Waals surface area contributed by atoms with Gasteiger partial charge >= 0.3 is 5.79 Å². The summed E-state index contributed by atoms with van der Waals surface area (Å²) in [7, 11) is 0. The number of carbonyl (C=O) groups excluding carboxylic acids is 2. The Kier molecular flexibility index (Phi) is 12.3. The van der Waals surface area contributed by atoms with Gasteiger partial charge in [-0.25, -0.2) is 4.99 Å². The van der Waals surface area contributed by atoms with E-state index in [-0.39, 0.29) is 80.0 Å². The minimum Gasteiger partial charge on any atom is -0.507 e. The number of anilines is 1. The molecule has 13 heteroatoms. The first-order valence-corrected chi connectivity index (χ1v) is 20.4. The van der Waals surface area contributed by atoms with Gasteiger partial charge < -0.3 is 44.9 Å². The Bertz CT molecular complexity index is 2120. The number of likely N-dealkylation sites (tertiary alicyclic amines) is 1. The van der Waals surface area contributed by atoms with Gasteiger partial charge in [0.25, 0.3) is 11.7 Å². The third-order valence-corrected chi connectivity index (χ3v) is 12.1. The van der Waals surface area contributed by atoms with Gasteiger partial charge in [0.1, 0.15) is 27.9 Å². The van der Waals surface area contributed by atoms with E-state index < -0.39 is 41.1 Å². The average molecular weight is 789 g/mol. The molecule has 1 spiro atoms. The van der Waals surface area contributed by atoms with Crippen molar-refractivity contribution < 1.29 is 44.2 Å². The van der Waals surface area contributed by atoms with E-state index in [0.29, 0.717) is 37.5 Å². The lowest BCUT2D eigenvalue weighted by atomic mass is 9.84. The van der Waals surface area contributed by atoms with Crippen molar-refractivity contribution in [1.82, 2.24) is 4.90 Å². The van der Waals surface area contributed by atoms with Crippen LogP contribution in [0.25, 0.3) is 10.8 Å². The van der Waals surface area contributed by atoms with Crippen LogP contribution in [0.15, 0.2) is 46.1 Å². The molecule has 0 aliphatic carbocycles. The standard InChI is InChI=1S/C44H60N4O9/c1-10-55-39-25(5)15-12-20-56-43(9)41(53)33-31-32(37(51)28(8)40(33)57-43)38(52)36(35-34(31)46-44(47-35)16-18-48(19-17-44)22-23(2)3)45-42(54)26(6)14-11-13-24(4)29(49)21-30(50)27(39)7/h11-14,20,23-25,27,29-30,39,46,49-52H,10,15-19,21-22H2,1-9H3/b13-11+,20-12+,26-14-,45-36?/t24?,25-,27-,29-,30?,39-,43?/m1/s1. The van der Waals surface area contributed by atoms with Crippen molar-refractivity contribution >= 4 is 28.2 Å². The predicted molar refractivity (Wildman–Crippen MR) is 217 cm³/mol. The van der Waals surface area contributed by atoms with Crippen molar-refractivity contribution in [2.75, 3.05) is 31.6 Å². The van der Waals surface area contributed by atoms with Gasteiger partial charge in [0.2, 0.25) is 0 Å². The van der Waals surface area contributed by atoms with Crippen LogP contribution in [0.3, 0.4) is 0 Å². The normalized spacial score (nSPS) is 31.6. The van der Waals surface area contributed by atoms with Crippen LogP contribution in [0.1, 0.15) is 97.0 Å². The van der Waals surface area contributed by atoms with E-state index in [1.165, 1.54) is 13.2 Å². The van der Waals surface area contributed by atoms with Gasteiger partial charge in [0, 0.05) is 80.8 Å². The molecule has 4 heterocycles. The maximum Gasteiger partial charge on any atom is 0.312 e. The van der Waals surface area contributed by atoms with Crippen molar-refractivity contribution in [3.8, 4) is 17.2 Å². The van der Waals surface area contributed by atoms with Crippen LogP contribution in [0.2, 0.25) is 0 Å². The van der Waals surface area contributed by atoms with Gasteiger partial charge in [-0.15, -0.1) is 0 Å². The van der Waals surface area contributed by atoms with Gasteiger partial charge in [-0.3, -0.25) is 14.6 Å². The highest BCUT2D eigenvalue weighted by Gasteiger charge is 2.50. The van der Waals surface area contributed by atoms with E-state index >= 15 is 0 Å². The molecule has 0 saturated carbocycles. The van der Waals surface area contributed by atoms with Crippen molar-refractivity contribution in [1.29, 1.82) is 0 Å². The lowest BCUT2D eigenvalue weighted by molar-refractivity contribution is -0.114. The number of ether oxygens (including phenoxy) is 3. The highest BCUT2D eigenvalue weighted by atomic mass is 16.7.